The molecule has 1 rings (SSSR count). The van der Waals surface area contributed by atoms with E-state index in [1.54, 1.807) is 0 Å². The number of rotatable bonds is 4. The standard InChI is InChI=1S/C12H15O/c1-3-5-10-13-12-9-7-6-8-11(12)4-2/h3,5-9H,2,4,10H2,1H3/b5-3+. The van der Waals surface area contributed by atoms with E-state index in [4.69, 9.17) is 4.74 Å². The number of ether oxygens (including phenoxy) is 1. The SMILES string of the molecule is [CH2]Cc1ccccc1OC/C=C/C. The minimum Gasteiger partial charge on any atom is -0.489 e. The molecule has 0 N–H and O–H groups in total. The van der Waals surface area contributed by atoms with Crippen LogP contribution in [0.4, 0.5) is 0 Å². The van der Waals surface area contributed by atoms with Gasteiger partial charge in [-0.3, -0.25) is 0 Å². The summed E-state index contributed by atoms with van der Waals surface area (Å²) in [5, 5.41) is 0. The maximum Gasteiger partial charge on any atom is 0.122 e. The number of allylic oxidation sites excluding steroid dienone is 1. The topological polar surface area (TPSA) is 9.23 Å². The van der Waals surface area contributed by atoms with Gasteiger partial charge in [0, 0.05) is 0 Å². The zero-order chi connectivity index (χ0) is 9.52. The van der Waals surface area contributed by atoms with Crippen LogP contribution in [0, 0.1) is 6.92 Å². The summed E-state index contributed by atoms with van der Waals surface area (Å²) in [4.78, 5) is 0. The molecule has 0 spiro atoms. The highest BCUT2D eigenvalue weighted by Gasteiger charge is 1.97. The quantitative estimate of drug-likeness (QED) is 0.639. The van der Waals surface area contributed by atoms with Gasteiger partial charge in [0.2, 0.25) is 0 Å². The predicted molar refractivity (Wildman–Crippen MR) is 55.8 cm³/mol. The van der Waals surface area contributed by atoms with Crippen LogP contribution in [-0.4, -0.2) is 6.61 Å². The van der Waals surface area contributed by atoms with Crippen molar-refractivity contribution in [3.63, 3.8) is 0 Å². The molecule has 0 aliphatic carbocycles. The summed E-state index contributed by atoms with van der Waals surface area (Å²) in [5.74, 6) is 0.940. The largest absolute Gasteiger partial charge is 0.489 e. The van der Waals surface area contributed by atoms with E-state index in [9.17, 15) is 0 Å². The fraction of sp³-hybridized carbons (Fsp3) is 0.250. The van der Waals surface area contributed by atoms with Crippen LogP contribution in [0.15, 0.2) is 36.4 Å². The normalized spacial score (nSPS) is 10.6. The summed E-state index contributed by atoms with van der Waals surface area (Å²) >= 11 is 0. The van der Waals surface area contributed by atoms with Crippen LogP contribution in [0.3, 0.4) is 0 Å². The van der Waals surface area contributed by atoms with Crippen molar-refractivity contribution < 1.29 is 4.74 Å². The Morgan fingerprint density at radius 2 is 2.15 bits per heavy atom. The van der Waals surface area contributed by atoms with E-state index in [1.165, 1.54) is 0 Å². The summed E-state index contributed by atoms with van der Waals surface area (Å²) in [7, 11) is 0. The highest BCUT2D eigenvalue weighted by atomic mass is 16.5. The van der Waals surface area contributed by atoms with Crippen LogP contribution in [-0.2, 0) is 6.42 Å². The molecule has 1 aromatic carbocycles. The molecule has 1 aromatic rings. The molecule has 0 amide bonds. The molecule has 0 heterocycles. The molecule has 13 heavy (non-hydrogen) atoms. The average molecular weight is 175 g/mol. The molecule has 0 aliphatic heterocycles. The Hall–Kier alpha value is -1.24. The average Bonchev–Trinajstić information content (AvgIpc) is 2.19. The summed E-state index contributed by atoms with van der Waals surface area (Å²) in [6.45, 7) is 6.46. The van der Waals surface area contributed by atoms with Crippen molar-refractivity contribution in [2.24, 2.45) is 0 Å². The Morgan fingerprint density at radius 3 is 2.85 bits per heavy atom. The van der Waals surface area contributed by atoms with E-state index >= 15 is 0 Å². The molecular formula is C12H15O. The molecule has 0 bridgehead atoms. The molecule has 1 nitrogen and oxygen atoms in total. The molecule has 1 heteroatoms. The lowest BCUT2D eigenvalue weighted by Gasteiger charge is -2.07. The first-order valence-electron chi connectivity index (χ1n) is 4.49. The molecule has 0 fully saturated rings. The maximum atomic E-state index is 5.54. The van der Waals surface area contributed by atoms with Gasteiger partial charge in [0.05, 0.1) is 0 Å². The summed E-state index contributed by atoms with van der Waals surface area (Å²) < 4.78 is 5.54. The van der Waals surface area contributed by atoms with Gasteiger partial charge in [0.25, 0.3) is 0 Å². The number of hydrogen-bond acceptors (Lipinski definition) is 1. The van der Waals surface area contributed by atoms with Gasteiger partial charge < -0.3 is 4.74 Å². The zero-order valence-corrected chi connectivity index (χ0v) is 7.99. The third kappa shape index (κ3) is 2.94. The summed E-state index contributed by atoms with van der Waals surface area (Å²) in [6.07, 6.45) is 4.73. The lowest BCUT2D eigenvalue weighted by Crippen LogP contribution is -1.96. The lowest BCUT2D eigenvalue weighted by atomic mass is 10.1. The molecule has 0 saturated carbocycles. The second-order valence-corrected chi connectivity index (χ2v) is 2.74. The molecule has 0 saturated heterocycles. The van der Waals surface area contributed by atoms with Crippen molar-refractivity contribution in [2.45, 2.75) is 13.3 Å². The fourth-order valence-electron chi connectivity index (χ4n) is 1.09. The second kappa shape index (κ2) is 5.41. The van der Waals surface area contributed by atoms with Gasteiger partial charge in [-0.05, 0) is 31.9 Å². The molecular weight excluding hydrogens is 160 g/mol. The van der Waals surface area contributed by atoms with Crippen LogP contribution in [0.5, 0.6) is 5.75 Å². The van der Waals surface area contributed by atoms with Gasteiger partial charge in [-0.1, -0.05) is 30.4 Å². The van der Waals surface area contributed by atoms with Gasteiger partial charge in [0.1, 0.15) is 12.4 Å². The Morgan fingerprint density at radius 1 is 1.38 bits per heavy atom. The first-order valence-corrected chi connectivity index (χ1v) is 4.49. The first kappa shape index (κ1) is 9.85. The molecule has 0 aliphatic rings. The summed E-state index contributed by atoms with van der Waals surface area (Å²) in [5.41, 5.74) is 1.16. The second-order valence-electron chi connectivity index (χ2n) is 2.74. The smallest absolute Gasteiger partial charge is 0.122 e. The van der Waals surface area contributed by atoms with Crippen molar-refractivity contribution >= 4 is 0 Å². The van der Waals surface area contributed by atoms with Crippen molar-refractivity contribution in [2.75, 3.05) is 6.61 Å². The van der Waals surface area contributed by atoms with Gasteiger partial charge in [-0.25, -0.2) is 0 Å². The highest BCUT2D eigenvalue weighted by molar-refractivity contribution is 5.33. The molecule has 69 valence electrons. The minimum atomic E-state index is 0.632. The highest BCUT2D eigenvalue weighted by Crippen LogP contribution is 2.17. The monoisotopic (exact) mass is 175 g/mol. The third-order valence-electron chi connectivity index (χ3n) is 1.81. The van der Waals surface area contributed by atoms with E-state index in [0.717, 1.165) is 17.7 Å². The number of para-hydroxylation sites is 1. The van der Waals surface area contributed by atoms with E-state index < -0.39 is 0 Å². The Bertz CT molecular complexity index is 276. The van der Waals surface area contributed by atoms with Crippen molar-refractivity contribution in [3.8, 4) is 5.75 Å². The van der Waals surface area contributed by atoms with Crippen LogP contribution in [0.25, 0.3) is 0 Å². The van der Waals surface area contributed by atoms with Crippen LogP contribution in [0.2, 0.25) is 0 Å². The van der Waals surface area contributed by atoms with E-state index in [1.807, 2.05) is 43.3 Å². The van der Waals surface area contributed by atoms with E-state index in [-0.39, 0.29) is 0 Å². The van der Waals surface area contributed by atoms with Crippen molar-refractivity contribution in [1.29, 1.82) is 0 Å². The van der Waals surface area contributed by atoms with E-state index in [0.29, 0.717) is 6.61 Å². The third-order valence-corrected chi connectivity index (χ3v) is 1.81. The minimum absolute atomic E-state index is 0.632. The number of hydrogen-bond donors (Lipinski definition) is 0. The zero-order valence-electron chi connectivity index (χ0n) is 7.99. The van der Waals surface area contributed by atoms with Crippen molar-refractivity contribution in [3.05, 3.63) is 48.9 Å². The van der Waals surface area contributed by atoms with Crippen LogP contribution in [0.1, 0.15) is 12.5 Å². The Labute approximate surface area is 80.0 Å². The Kier molecular flexibility index (Phi) is 4.10. The van der Waals surface area contributed by atoms with Crippen LogP contribution >= 0.6 is 0 Å². The predicted octanol–water partition coefficient (Wildman–Crippen LogP) is 3.02. The first-order chi connectivity index (χ1) is 6.38. The fourth-order valence-corrected chi connectivity index (χ4v) is 1.09. The maximum absolute atomic E-state index is 5.54. The van der Waals surface area contributed by atoms with Gasteiger partial charge in [-0.15, -0.1) is 0 Å². The van der Waals surface area contributed by atoms with Crippen LogP contribution < -0.4 is 4.74 Å². The molecule has 0 atom stereocenters. The van der Waals surface area contributed by atoms with Gasteiger partial charge in [0.15, 0.2) is 0 Å². The van der Waals surface area contributed by atoms with Gasteiger partial charge >= 0.3 is 0 Å². The Balaban J connectivity index is 2.64. The molecule has 1 radical (unpaired) electrons. The molecule has 0 aromatic heterocycles. The van der Waals surface area contributed by atoms with E-state index in [2.05, 4.69) is 6.92 Å². The van der Waals surface area contributed by atoms with Gasteiger partial charge in [-0.2, -0.15) is 0 Å². The summed E-state index contributed by atoms with van der Waals surface area (Å²) in [6, 6.07) is 8.00. The molecule has 0 unspecified atom stereocenters. The van der Waals surface area contributed by atoms with Crippen molar-refractivity contribution in [1.82, 2.24) is 0 Å². The lowest BCUT2D eigenvalue weighted by molar-refractivity contribution is 0.359. The number of benzene rings is 1.